The first-order valence-electron chi connectivity index (χ1n) is 8.29. The summed E-state index contributed by atoms with van der Waals surface area (Å²) in [6.07, 6.45) is -17.2. The highest BCUT2D eigenvalue weighted by Gasteiger charge is 2.53. The molecule has 2 aliphatic heterocycles. The predicted molar refractivity (Wildman–Crippen MR) is 82.3 cm³/mol. The number of carboxylic acid groups (broad SMARTS) is 2. The average Bonchev–Trinajstić information content (AvgIpc) is 2.58. The second-order valence-electron chi connectivity index (χ2n) is 6.92. The van der Waals surface area contributed by atoms with Crippen LogP contribution in [-0.2, 0) is 23.8 Å². The Morgan fingerprint density at radius 3 is 1.74 bits per heavy atom. The van der Waals surface area contributed by atoms with Crippen molar-refractivity contribution < 1.29 is 59.5 Å². The maximum absolute atomic E-state index is 11.2. The van der Waals surface area contributed by atoms with Crippen LogP contribution in [0.3, 0.4) is 0 Å². The third-order valence-electron chi connectivity index (χ3n) is 4.63. The van der Waals surface area contributed by atoms with Gasteiger partial charge in [-0.05, 0) is 5.92 Å². The fourth-order valence-corrected chi connectivity index (χ4v) is 3.11. The molecule has 27 heavy (non-hydrogen) atoms. The first-order chi connectivity index (χ1) is 12.5. The first kappa shape index (κ1) is 21.9. The lowest BCUT2D eigenvalue weighted by Crippen LogP contribution is -2.65. The number of hydrogen-bond acceptors (Lipinski definition) is 10. The van der Waals surface area contributed by atoms with E-state index in [2.05, 4.69) is 0 Å². The van der Waals surface area contributed by atoms with Gasteiger partial charge in [0.2, 0.25) is 0 Å². The highest BCUT2D eigenvalue weighted by atomic mass is 16.7. The van der Waals surface area contributed by atoms with E-state index in [9.17, 15) is 35.1 Å². The summed E-state index contributed by atoms with van der Waals surface area (Å²) in [5, 5.41) is 68.0. The van der Waals surface area contributed by atoms with Gasteiger partial charge in [0.1, 0.15) is 36.6 Å². The van der Waals surface area contributed by atoms with E-state index in [0.29, 0.717) is 0 Å². The predicted octanol–water partition coefficient (Wildman–Crippen LogP) is -3.51. The molecule has 12 nitrogen and oxygen atoms in total. The van der Waals surface area contributed by atoms with Gasteiger partial charge < -0.3 is 50.0 Å². The van der Waals surface area contributed by atoms with Gasteiger partial charge in [-0.2, -0.15) is 0 Å². The molecule has 2 fully saturated rings. The van der Waals surface area contributed by atoms with Crippen LogP contribution in [0.2, 0.25) is 0 Å². The standard InChI is InChI=1S/C15H24O12/c1-3(2)9-10(6(18)7(19)11(25-9)13(21)22)26-15-8(20)4(16)5(17)12(27-15)14(23)24/h3-12,15-20H,1-2H3,(H,21,22)(H,23,24)/t4-,5+,6-,7+,8?,9-,10?,11?,12?,15-/m1/s1. The highest BCUT2D eigenvalue weighted by molar-refractivity contribution is 5.73. The van der Waals surface area contributed by atoms with Gasteiger partial charge in [0.25, 0.3) is 0 Å². The molecule has 2 rings (SSSR count). The third-order valence-corrected chi connectivity index (χ3v) is 4.63. The summed E-state index contributed by atoms with van der Waals surface area (Å²) in [6.45, 7) is 3.25. The van der Waals surface area contributed by atoms with E-state index in [0.717, 1.165) is 0 Å². The van der Waals surface area contributed by atoms with Crippen LogP contribution in [0, 0.1) is 5.92 Å². The summed E-state index contributed by atoms with van der Waals surface area (Å²) < 4.78 is 15.7. The van der Waals surface area contributed by atoms with Crippen molar-refractivity contribution in [2.24, 2.45) is 5.92 Å². The van der Waals surface area contributed by atoms with E-state index < -0.39 is 79.1 Å². The maximum Gasteiger partial charge on any atom is 0.335 e. The second kappa shape index (κ2) is 8.32. The van der Waals surface area contributed by atoms with Gasteiger partial charge in [0, 0.05) is 0 Å². The van der Waals surface area contributed by atoms with Crippen molar-refractivity contribution in [2.75, 3.05) is 0 Å². The minimum Gasteiger partial charge on any atom is -0.479 e. The topological polar surface area (TPSA) is 203 Å². The summed E-state index contributed by atoms with van der Waals surface area (Å²) in [4.78, 5) is 22.3. The molecule has 0 bridgehead atoms. The Kier molecular flexibility index (Phi) is 6.76. The van der Waals surface area contributed by atoms with Gasteiger partial charge in [0.05, 0.1) is 6.10 Å². The molecule has 0 spiro atoms. The fraction of sp³-hybridized carbons (Fsp3) is 0.867. The van der Waals surface area contributed by atoms with E-state index in [1.54, 1.807) is 13.8 Å². The average molecular weight is 396 g/mol. The Morgan fingerprint density at radius 2 is 1.26 bits per heavy atom. The number of carbonyl (C=O) groups is 2. The molecule has 2 aliphatic rings. The van der Waals surface area contributed by atoms with Crippen LogP contribution in [0.1, 0.15) is 13.8 Å². The summed E-state index contributed by atoms with van der Waals surface area (Å²) in [6, 6.07) is 0. The van der Waals surface area contributed by atoms with Gasteiger partial charge >= 0.3 is 11.9 Å². The van der Waals surface area contributed by atoms with Gasteiger partial charge in [-0.1, -0.05) is 13.8 Å². The molecule has 2 saturated heterocycles. The monoisotopic (exact) mass is 396 g/mol. The van der Waals surface area contributed by atoms with Crippen molar-refractivity contribution in [1.29, 1.82) is 0 Å². The fourth-order valence-electron chi connectivity index (χ4n) is 3.11. The molecule has 0 radical (unpaired) electrons. The summed E-state index contributed by atoms with van der Waals surface area (Å²) >= 11 is 0. The van der Waals surface area contributed by atoms with Gasteiger partial charge in [-0.15, -0.1) is 0 Å². The molecule has 2 heterocycles. The molecule has 0 aromatic heterocycles. The molecule has 0 saturated carbocycles. The van der Waals surface area contributed by atoms with E-state index in [-0.39, 0.29) is 0 Å². The van der Waals surface area contributed by atoms with Crippen LogP contribution in [-0.4, -0.2) is 109 Å². The van der Waals surface area contributed by atoms with Crippen molar-refractivity contribution in [2.45, 2.75) is 75.1 Å². The zero-order chi connectivity index (χ0) is 20.6. The maximum atomic E-state index is 11.2. The molecule has 7 N–H and O–H groups in total. The number of aliphatic hydroxyl groups is 5. The van der Waals surface area contributed by atoms with Gasteiger partial charge in [0.15, 0.2) is 18.5 Å². The lowest BCUT2D eigenvalue weighted by atomic mass is 9.89. The van der Waals surface area contributed by atoms with Crippen LogP contribution >= 0.6 is 0 Å². The molecule has 0 amide bonds. The van der Waals surface area contributed by atoms with E-state index >= 15 is 0 Å². The number of aliphatic carboxylic acids is 2. The largest absolute Gasteiger partial charge is 0.479 e. The molecular weight excluding hydrogens is 372 g/mol. The SMILES string of the molecule is CC(C)[C@H]1OC(C(=O)O)[C@@H](O)[C@@H](O)C1O[C@@H]1OC(C(=O)O)[C@@H](O)[C@@H](O)C1O. The molecule has 0 aromatic carbocycles. The Morgan fingerprint density at radius 1 is 0.778 bits per heavy atom. The first-order valence-corrected chi connectivity index (χ1v) is 8.29. The van der Waals surface area contributed by atoms with Crippen LogP contribution < -0.4 is 0 Å². The Bertz CT molecular complexity index is 553. The van der Waals surface area contributed by atoms with Crippen LogP contribution in [0.5, 0.6) is 0 Å². The minimum absolute atomic E-state index is 0.412. The zero-order valence-corrected chi connectivity index (χ0v) is 14.5. The Balaban J connectivity index is 2.24. The second-order valence-corrected chi connectivity index (χ2v) is 6.92. The van der Waals surface area contributed by atoms with Crippen molar-refractivity contribution in [3.63, 3.8) is 0 Å². The molecule has 4 unspecified atom stereocenters. The van der Waals surface area contributed by atoms with Crippen molar-refractivity contribution >= 4 is 11.9 Å². The lowest BCUT2D eigenvalue weighted by Gasteiger charge is -2.46. The molecule has 0 aromatic rings. The quantitative estimate of drug-likeness (QED) is 0.242. The van der Waals surface area contributed by atoms with Crippen molar-refractivity contribution in [3.05, 3.63) is 0 Å². The molecule has 0 aliphatic carbocycles. The third kappa shape index (κ3) is 4.22. The molecular formula is C15H24O12. The normalized spacial score (nSPS) is 45.6. The Labute approximate surface area is 153 Å². The molecule has 156 valence electrons. The smallest absolute Gasteiger partial charge is 0.335 e. The van der Waals surface area contributed by atoms with Crippen LogP contribution in [0.25, 0.3) is 0 Å². The number of aliphatic hydroxyl groups excluding tert-OH is 5. The number of carboxylic acids is 2. The van der Waals surface area contributed by atoms with Crippen molar-refractivity contribution in [1.82, 2.24) is 0 Å². The summed E-state index contributed by atoms with van der Waals surface area (Å²) in [7, 11) is 0. The number of hydrogen-bond donors (Lipinski definition) is 7. The highest BCUT2D eigenvalue weighted by Crippen LogP contribution is 2.32. The Hall–Kier alpha value is -1.38. The van der Waals surface area contributed by atoms with E-state index in [1.807, 2.05) is 0 Å². The lowest BCUT2D eigenvalue weighted by molar-refractivity contribution is -0.336. The van der Waals surface area contributed by atoms with Gasteiger partial charge in [-0.25, -0.2) is 9.59 Å². The van der Waals surface area contributed by atoms with Crippen LogP contribution in [0.4, 0.5) is 0 Å². The summed E-state index contributed by atoms with van der Waals surface area (Å²) in [5.41, 5.74) is 0. The number of rotatable bonds is 5. The van der Waals surface area contributed by atoms with Crippen molar-refractivity contribution in [3.8, 4) is 0 Å². The van der Waals surface area contributed by atoms with E-state index in [4.69, 9.17) is 24.4 Å². The van der Waals surface area contributed by atoms with Gasteiger partial charge in [-0.3, -0.25) is 0 Å². The zero-order valence-electron chi connectivity index (χ0n) is 14.5. The number of ether oxygens (including phenoxy) is 3. The van der Waals surface area contributed by atoms with E-state index in [1.165, 1.54) is 0 Å². The molecule has 10 atom stereocenters. The molecule has 12 heteroatoms. The summed E-state index contributed by atoms with van der Waals surface area (Å²) in [5.74, 6) is -3.52. The minimum atomic E-state index is -1.92. The van der Waals surface area contributed by atoms with Crippen LogP contribution in [0.15, 0.2) is 0 Å².